The number of hydrogen-bond acceptors (Lipinski definition) is 1. The predicted octanol–water partition coefficient (Wildman–Crippen LogP) is 1.41. The molecule has 0 unspecified atom stereocenters. The van der Waals surface area contributed by atoms with Gasteiger partial charge in [-0.05, 0) is 22.6 Å². The second-order valence-electron chi connectivity index (χ2n) is 1.32. The molecular formula is C4H4FIN2. The fraction of sp³-hybridized carbons (Fsp3) is 0.250. The van der Waals surface area contributed by atoms with Gasteiger partial charge in [-0.3, -0.25) is 0 Å². The van der Waals surface area contributed by atoms with Crippen LogP contribution in [0.15, 0.2) is 12.4 Å². The van der Waals surface area contributed by atoms with Crippen LogP contribution in [0.4, 0.5) is 4.39 Å². The molecule has 0 saturated heterocycles. The van der Waals surface area contributed by atoms with Gasteiger partial charge in [0.2, 0.25) is 0 Å². The summed E-state index contributed by atoms with van der Waals surface area (Å²) in [5, 5.41) is 3.67. The van der Waals surface area contributed by atoms with Crippen molar-refractivity contribution >= 4 is 22.6 Å². The molecule has 1 aromatic rings. The molecule has 1 heterocycles. The van der Waals surface area contributed by atoms with E-state index >= 15 is 0 Å². The molecule has 0 radical (unpaired) electrons. The monoisotopic (exact) mass is 226 g/mol. The summed E-state index contributed by atoms with van der Waals surface area (Å²) in [7, 11) is 0. The molecule has 0 saturated carbocycles. The molecule has 4 heteroatoms. The topological polar surface area (TPSA) is 17.8 Å². The second-order valence-corrected chi connectivity index (χ2v) is 2.56. The minimum Gasteiger partial charge on any atom is -0.241 e. The fourth-order valence-electron chi connectivity index (χ4n) is 0.404. The molecule has 0 aliphatic heterocycles. The molecule has 1 aromatic heterocycles. The molecule has 0 amide bonds. The van der Waals surface area contributed by atoms with Crippen molar-refractivity contribution in [3.8, 4) is 0 Å². The Kier molecular flexibility index (Phi) is 1.82. The fourth-order valence-corrected chi connectivity index (χ4v) is 0.850. The lowest BCUT2D eigenvalue weighted by Gasteiger charge is -1.84. The van der Waals surface area contributed by atoms with Crippen LogP contribution in [-0.4, -0.2) is 9.78 Å². The van der Waals surface area contributed by atoms with Gasteiger partial charge in [-0.2, -0.15) is 5.10 Å². The Hall–Kier alpha value is -0.130. The number of hydrogen-bond donors (Lipinski definition) is 0. The first kappa shape index (κ1) is 6.00. The van der Waals surface area contributed by atoms with E-state index in [9.17, 15) is 4.39 Å². The van der Waals surface area contributed by atoms with Gasteiger partial charge in [-0.1, -0.05) is 0 Å². The van der Waals surface area contributed by atoms with E-state index in [1.807, 2.05) is 0 Å². The first-order valence-corrected chi connectivity index (χ1v) is 3.14. The molecule has 8 heavy (non-hydrogen) atoms. The zero-order chi connectivity index (χ0) is 5.98. The van der Waals surface area contributed by atoms with Crippen LogP contribution in [-0.2, 0) is 6.80 Å². The van der Waals surface area contributed by atoms with Gasteiger partial charge in [0, 0.05) is 6.20 Å². The number of halogens is 2. The van der Waals surface area contributed by atoms with Crippen LogP contribution in [0.5, 0.6) is 0 Å². The molecule has 0 fully saturated rings. The molecule has 0 bridgehead atoms. The van der Waals surface area contributed by atoms with Crippen molar-refractivity contribution in [2.45, 2.75) is 6.80 Å². The summed E-state index contributed by atoms with van der Waals surface area (Å²) in [4.78, 5) is 0. The van der Waals surface area contributed by atoms with Crippen molar-refractivity contribution in [3.05, 3.63) is 16.0 Å². The van der Waals surface area contributed by atoms with Crippen LogP contribution in [0.1, 0.15) is 0 Å². The van der Waals surface area contributed by atoms with Gasteiger partial charge in [0.15, 0.2) is 6.80 Å². The lowest BCUT2D eigenvalue weighted by Crippen LogP contribution is -1.90. The van der Waals surface area contributed by atoms with Crippen LogP contribution in [0, 0.1) is 3.57 Å². The summed E-state index contributed by atoms with van der Waals surface area (Å²) in [6.45, 7) is -0.539. The smallest absolute Gasteiger partial charge is 0.181 e. The SMILES string of the molecule is FCn1cc(I)cn1. The molecule has 0 spiro atoms. The van der Waals surface area contributed by atoms with Crippen LogP contribution in [0.3, 0.4) is 0 Å². The van der Waals surface area contributed by atoms with Gasteiger partial charge in [0.1, 0.15) is 0 Å². The molecule has 0 N–H and O–H groups in total. The Morgan fingerprint density at radius 1 is 1.88 bits per heavy atom. The highest BCUT2D eigenvalue weighted by Crippen LogP contribution is 2.00. The van der Waals surface area contributed by atoms with Crippen molar-refractivity contribution in [3.63, 3.8) is 0 Å². The van der Waals surface area contributed by atoms with Crippen LogP contribution in [0.25, 0.3) is 0 Å². The quantitative estimate of drug-likeness (QED) is 0.662. The van der Waals surface area contributed by atoms with E-state index in [1.54, 1.807) is 12.4 Å². The molecule has 0 atom stereocenters. The lowest BCUT2D eigenvalue weighted by molar-refractivity contribution is 0.349. The molecule has 2 nitrogen and oxygen atoms in total. The number of rotatable bonds is 1. The van der Waals surface area contributed by atoms with Gasteiger partial charge >= 0.3 is 0 Å². The Morgan fingerprint density at radius 3 is 2.88 bits per heavy atom. The summed E-state index contributed by atoms with van der Waals surface area (Å²) >= 11 is 2.07. The van der Waals surface area contributed by atoms with E-state index < -0.39 is 6.80 Å². The second kappa shape index (κ2) is 2.43. The van der Waals surface area contributed by atoms with E-state index in [0.29, 0.717) is 0 Å². The molecule has 0 aliphatic carbocycles. The predicted molar refractivity (Wildman–Crippen MR) is 36.1 cm³/mol. The maximum atomic E-state index is 11.6. The molecule has 44 valence electrons. The van der Waals surface area contributed by atoms with Gasteiger partial charge in [-0.25, -0.2) is 9.07 Å². The third kappa shape index (κ3) is 1.18. The van der Waals surface area contributed by atoms with Crippen LogP contribution < -0.4 is 0 Å². The minimum absolute atomic E-state index is 0.539. The minimum atomic E-state index is -0.539. The van der Waals surface area contributed by atoms with E-state index in [-0.39, 0.29) is 0 Å². The summed E-state index contributed by atoms with van der Waals surface area (Å²) in [5.74, 6) is 0. The summed E-state index contributed by atoms with van der Waals surface area (Å²) in [6, 6.07) is 0. The van der Waals surface area contributed by atoms with Gasteiger partial charge in [-0.15, -0.1) is 0 Å². The van der Waals surface area contributed by atoms with Gasteiger partial charge in [0.25, 0.3) is 0 Å². The first-order valence-electron chi connectivity index (χ1n) is 2.07. The van der Waals surface area contributed by atoms with Crippen LogP contribution in [0.2, 0.25) is 0 Å². The van der Waals surface area contributed by atoms with Crippen molar-refractivity contribution in [1.29, 1.82) is 0 Å². The molecule has 1 rings (SSSR count). The van der Waals surface area contributed by atoms with E-state index in [0.717, 1.165) is 3.57 Å². The highest BCUT2D eigenvalue weighted by Gasteiger charge is 1.89. The summed E-state index contributed by atoms with van der Waals surface area (Å²) in [6.07, 6.45) is 3.25. The van der Waals surface area contributed by atoms with Crippen molar-refractivity contribution in [2.24, 2.45) is 0 Å². The standard InChI is InChI=1S/C4H4FIN2/c5-3-8-2-4(6)1-7-8/h1-2H,3H2. The maximum absolute atomic E-state index is 11.6. The molecular weight excluding hydrogens is 222 g/mol. The third-order valence-corrected chi connectivity index (χ3v) is 1.28. The maximum Gasteiger partial charge on any atom is 0.181 e. The zero-order valence-corrected chi connectivity index (χ0v) is 6.17. The van der Waals surface area contributed by atoms with Crippen molar-refractivity contribution in [2.75, 3.05) is 0 Å². The Balaban J connectivity index is 2.84. The summed E-state index contributed by atoms with van der Waals surface area (Å²) < 4.78 is 13.8. The highest BCUT2D eigenvalue weighted by atomic mass is 127. The van der Waals surface area contributed by atoms with Crippen LogP contribution >= 0.6 is 22.6 Å². The first-order chi connectivity index (χ1) is 3.83. The largest absolute Gasteiger partial charge is 0.241 e. The van der Waals surface area contributed by atoms with Crippen molar-refractivity contribution in [1.82, 2.24) is 9.78 Å². The van der Waals surface area contributed by atoms with Gasteiger partial charge in [0.05, 0.1) is 9.77 Å². The number of nitrogens with zero attached hydrogens (tertiary/aromatic N) is 2. The highest BCUT2D eigenvalue weighted by molar-refractivity contribution is 14.1. The summed E-state index contributed by atoms with van der Waals surface area (Å²) in [5.41, 5.74) is 0. The Morgan fingerprint density at radius 2 is 2.62 bits per heavy atom. The van der Waals surface area contributed by atoms with Crippen molar-refractivity contribution < 1.29 is 4.39 Å². The molecule has 0 aliphatic rings. The zero-order valence-electron chi connectivity index (χ0n) is 4.01. The Bertz CT molecular complexity index is 174. The Labute approximate surface area is 59.8 Å². The average Bonchev–Trinajstić information content (AvgIpc) is 2.14. The number of aromatic nitrogens is 2. The van der Waals surface area contributed by atoms with E-state index in [2.05, 4.69) is 27.7 Å². The average molecular weight is 226 g/mol. The van der Waals surface area contributed by atoms with Gasteiger partial charge < -0.3 is 0 Å². The molecule has 0 aromatic carbocycles. The third-order valence-electron chi connectivity index (χ3n) is 0.724. The van der Waals surface area contributed by atoms with E-state index in [4.69, 9.17) is 0 Å². The van der Waals surface area contributed by atoms with E-state index in [1.165, 1.54) is 4.68 Å². The normalized spacial score (nSPS) is 9.75. The lowest BCUT2D eigenvalue weighted by atomic mass is 10.8. The number of alkyl halides is 1.